The van der Waals surface area contributed by atoms with E-state index in [9.17, 15) is 9.18 Å². The Morgan fingerprint density at radius 1 is 1.03 bits per heavy atom. The van der Waals surface area contributed by atoms with Gasteiger partial charge >= 0.3 is 0 Å². The van der Waals surface area contributed by atoms with E-state index in [2.05, 4.69) is 9.97 Å². The van der Waals surface area contributed by atoms with Crippen molar-refractivity contribution < 1.29 is 9.18 Å². The lowest BCUT2D eigenvalue weighted by molar-refractivity contribution is 0.0988. The first-order valence-corrected chi connectivity index (χ1v) is 9.66. The Hall–Kier alpha value is -3.51. The van der Waals surface area contributed by atoms with Gasteiger partial charge < -0.3 is 9.47 Å². The topological polar surface area (TPSA) is 51.0 Å². The van der Waals surface area contributed by atoms with Crippen molar-refractivity contribution in [2.45, 2.75) is 6.42 Å². The average molecular weight is 421 g/mol. The van der Waals surface area contributed by atoms with Gasteiger partial charge in [0.1, 0.15) is 17.3 Å². The van der Waals surface area contributed by atoms with Crippen LogP contribution in [0.3, 0.4) is 0 Å². The molecule has 0 saturated heterocycles. The lowest BCUT2D eigenvalue weighted by Crippen LogP contribution is -2.26. The Morgan fingerprint density at radius 2 is 1.70 bits per heavy atom. The fourth-order valence-corrected chi connectivity index (χ4v) is 3.24. The molecule has 0 radical (unpaired) electrons. The molecule has 4 aromatic rings. The normalized spacial score (nSPS) is 10.8. The second kappa shape index (κ2) is 8.47. The zero-order valence-corrected chi connectivity index (χ0v) is 16.9. The van der Waals surface area contributed by atoms with Crippen LogP contribution in [0.25, 0.3) is 5.69 Å². The number of rotatable bonds is 5. The van der Waals surface area contributed by atoms with Crippen molar-refractivity contribution in [2.24, 2.45) is 0 Å². The fourth-order valence-electron chi connectivity index (χ4n) is 3.11. The summed E-state index contributed by atoms with van der Waals surface area (Å²) >= 11 is 6.02. The summed E-state index contributed by atoms with van der Waals surface area (Å²) in [7, 11) is 1.69. The minimum Gasteiger partial charge on any atom is -0.310 e. The van der Waals surface area contributed by atoms with Gasteiger partial charge in [0.2, 0.25) is 0 Å². The van der Waals surface area contributed by atoms with E-state index < -0.39 is 0 Å². The molecule has 1 amide bonds. The van der Waals surface area contributed by atoms with Crippen LogP contribution in [0.15, 0.2) is 79.3 Å². The zero-order valence-electron chi connectivity index (χ0n) is 16.2. The van der Waals surface area contributed by atoms with Gasteiger partial charge in [-0.05, 0) is 54.1 Å². The first-order valence-electron chi connectivity index (χ1n) is 9.28. The van der Waals surface area contributed by atoms with Gasteiger partial charge in [-0.2, -0.15) is 0 Å². The molecule has 4 rings (SSSR count). The molecule has 0 spiro atoms. The van der Waals surface area contributed by atoms with Crippen molar-refractivity contribution >= 4 is 23.2 Å². The standard InChI is InChI=1S/C23H18ClFN4O/c1-28(19-10-12-26-13-11-19)23(30)21-15-29(20-8-4-17(24)5-9-20)22(27-21)14-16-2-6-18(25)7-3-16/h2-13,15H,14H2,1H3. The molecule has 0 fully saturated rings. The number of anilines is 1. The van der Waals surface area contributed by atoms with Gasteiger partial charge in [0.15, 0.2) is 0 Å². The molecule has 0 aliphatic heterocycles. The summed E-state index contributed by atoms with van der Waals surface area (Å²) in [6, 6.07) is 17.0. The Labute approximate surface area is 178 Å². The van der Waals surface area contributed by atoms with E-state index in [4.69, 9.17) is 11.6 Å². The van der Waals surface area contributed by atoms with Crippen LogP contribution >= 0.6 is 11.6 Å². The highest BCUT2D eigenvalue weighted by molar-refractivity contribution is 6.30. The molecule has 2 aromatic carbocycles. The number of carbonyl (C=O) groups is 1. The summed E-state index contributed by atoms with van der Waals surface area (Å²) in [6.45, 7) is 0. The molecular formula is C23H18ClFN4O. The predicted octanol–water partition coefficient (Wildman–Crippen LogP) is 4.93. The second-order valence-corrected chi connectivity index (χ2v) is 7.20. The average Bonchev–Trinajstić information content (AvgIpc) is 3.19. The van der Waals surface area contributed by atoms with Crippen LogP contribution in [0.1, 0.15) is 21.9 Å². The fraction of sp³-hybridized carbons (Fsp3) is 0.0870. The zero-order chi connectivity index (χ0) is 21.1. The van der Waals surface area contributed by atoms with E-state index >= 15 is 0 Å². The van der Waals surface area contributed by atoms with E-state index in [1.165, 1.54) is 17.0 Å². The summed E-state index contributed by atoms with van der Waals surface area (Å²) in [5.41, 5.74) is 2.74. The number of nitrogens with zero attached hydrogens (tertiary/aromatic N) is 4. The van der Waals surface area contributed by atoms with Crippen LogP contribution in [0.4, 0.5) is 10.1 Å². The van der Waals surface area contributed by atoms with E-state index in [1.807, 2.05) is 16.7 Å². The monoisotopic (exact) mass is 420 g/mol. The van der Waals surface area contributed by atoms with Crippen LogP contribution in [0.2, 0.25) is 5.02 Å². The predicted molar refractivity (Wildman–Crippen MR) is 115 cm³/mol. The third-order valence-corrected chi connectivity index (χ3v) is 4.99. The Bertz CT molecular complexity index is 1160. The van der Waals surface area contributed by atoms with Gasteiger partial charge in [-0.15, -0.1) is 0 Å². The van der Waals surface area contributed by atoms with Crippen molar-refractivity contribution in [3.63, 3.8) is 0 Å². The molecule has 0 saturated carbocycles. The van der Waals surface area contributed by atoms with E-state index in [1.54, 1.807) is 62.0 Å². The summed E-state index contributed by atoms with van der Waals surface area (Å²) in [5, 5.41) is 0.618. The van der Waals surface area contributed by atoms with Gasteiger partial charge in [-0.25, -0.2) is 9.37 Å². The lowest BCUT2D eigenvalue weighted by atomic mass is 10.1. The Kier molecular flexibility index (Phi) is 5.59. The number of pyridine rings is 1. The van der Waals surface area contributed by atoms with Crippen LogP contribution in [0.5, 0.6) is 0 Å². The number of halogens is 2. The summed E-state index contributed by atoms with van der Waals surface area (Å²) in [5.74, 6) is 0.124. The summed E-state index contributed by atoms with van der Waals surface area (Å²) in [4.78, 5) is 23.2. The minimum atomic E-state index is -0.297. The molecule has 0 aliphatic carbocycles. The van der Waals surface area contributed by atoms with E-state index in [0.29, 0.717) is 23.0 Å². The second-order valence-electron chi connectivity index (χ2n) is 6.76. The highest BCUT2D eigenvalue weighted by atomic mass is 35.5. The first-order chi connectivity index (χ1) is 14.5. The highest BCUT2D eigenvalue weighted by Crippen LogP contribution is 2.21. The number of imidazole rings is 1. The van der Waals surface area contributed by atoms with Crippen LogP contribution in [0, 0.1) is 5.82 Å². The maximum absolute atomic E-state index is 13.3. The molecule has 150 valence electrons. The van der Waals surface area contributed by atoms with Crippen LogP contribution in [-0.2, 0) is 6.42 Å². The van der Waals surface area contributed by atoms with E-state index in [0.717, 1.165) is 16.9 Å². The molecule has 0 aliphatic rings. The van der Waals surface area contributed by atoms with E-state index in [-0.39, 0.29) is 11.7 Å². The number of benzene rings is 2. The largest absolute Gasteiger partial charge is 0.310 e. The smallest absolute Gasteiger partial charge is 0.278 e. The van der Waals surface area contributed by atoms with Crippen molar-refractivity contribution in [3.8, 4) is 5.69 Å². The van der Waals surface area contributed by atoms with Crippen molar-refractivity contribution in [2.75, 3.05) is 11.9 Å². The highest BCUT2D eigenvalue weighted by Gasteiger charge is 2.20. The molecule has 0 atom stereocenters. The van der Waals surface area contributed by atoms with Crippen molar-refractivity contribution in [1.82, 2.24) is 14.5 Å². The molecule has 2 heterocycles. The maximum Gasteiger partial charge on any atom is 0.278 e. The third kappa shape index (κ3) is 4.23. The van der Waals surface area contributed by atoms with Gasteiger partial charge in [-0.3, -0.25) is 9.78 Å². The lowest BCUT2D eigenvalue weighted by Gasteiger charge is -2.15. The van der Waals surface area contributed by atoms with Gasteiger partial charge in [0.05, 0.1) is 0 Å². The first kappa shape index (κ1) is 19.8. The number of amides is 1. The van der Waals surface area contributed by atoms with Crippen molar-refractivity contribution in [1.29, 1.82) is 0 Å². The van der Waals surface area contributed by atoms with Gasteiger partial charge in [-0.1, -0.05) is 23.7 Å². The van der Waals surface area contributed by atoms with Gasteiger partial charge in [0, 0.05) is 48.5 Å². The number of hydrogen-bond donors (Lipinski definition) is 0. The molecule has 0 unspecified atom stereocenters. The molecule has 5 nitrogen and oxygen atoms in total. The minimum absolute atomic E-state index is 0.241. The number of hydrogen-bond acceptors (Lipinski definition) is 3. The summed E-state index contributed by atoms with van der Waals surface area (Å²) in [6.07, 6.45) is 5.41. The molecule has 2 aromatic heterocycles. The Morgan fingerprint density at radius 3 is 2.37 bits per heavy atom. The number of aromatic nitrogens is 3. The van der Waals surface area contributed by atoms with Crippen molar-refractivity contribution in [3.05, 3.63) is 107 Å². The molecule has 30 heavy (non-hydrogen) atoms. The molecule has 7 heteroatoms. The SMILES string of the molecule is CN(C(=O)c1cn(-c2ccc(Cl)cc2)c(Cc2ccc(F)cc2)n1)c1ccncc1. The quantitative estimate of drug-likeness (QED) is 0.460. The van der Waals surface area contributed by atoms with Crippen LogP contribution < -0.4 is 4.90 Å². The van der Waals surface area contributed by atoms with Gasteiger partial charge in [0.25, 0.3) is 5.91 Å². The number of carbonyl (C=O) groups excluding carboxylic acids is 1. The molecular weight excluding hydrogens is 403 g/mol. The molecule has 0 bridgehead atoms. The molecule has 0 N–H and O–H groups in total. The third-order valence-electron chi connectivity index (χ3n) is 4.73. The van der Waals surface area contributed by atoms with Crippen LogP contribution in [-0.4, -0.2) is 27.5 Å². The summed E-state index contributed by atoms with van der Waals surface area (Å²) < 4.78 is 15.1. The Balaban J connectivity index is 1.72. The maximum atomic E-state index is 13.3.